The van der Waals surface area contributed by atoms with Gasteiger partial charge in [0.1, 0.15) is 0 Å². The van der Waals surface area contributed by atoms with Crippen molar-refractivity contribution < 1.29 is 19.3 Å². The molecule has 1 aliphatic rings. The molecule has 0 aromatic heterocycles. The largest absolute Gasteiger partial charge is 0.493 e. The molecule has 1 aliphatic carbocycles. The van der Waals surface area contributed by atoms with Crippen molar-refractivity contribution in [2.75, 3.05) is 21.3 Å². The van der Waals surface area contributed by atoms with Crippen molar-refractivity contribution in [1.29, 1.82) is 0 Å². The van der Waals surface area contributed by atoms with Gasteiger partial charge in [-0.2, -0.15) is 0 Å². The number of hydrogen-bond acceptors (Lipinski definition) is 4. The monoisotopic (exact) mass is 238 g/mol. The molecule has 0 unspecified atom stereocenters. The average molecular weight is 238 g/mol. The summed E-state index contributed by atoms with van der Waals surface area (Å²) < 4.78 is 15.8. The van der Waals surface area contributed by atoms with E-state index in [1.165, 1.54) is 0 Å². The third-order valence-corrected chi connectivity index (χ3v) is 3.12. The summed E-state index contributed by atoms with van der Waals surface area (Å²) >= 11 is 0. The van der Waals surface area contributed by atoms with Crippen LogP contribution in [0.5, 0.6) is 11.5 Å². The van der Waals surface area contributed by atoms with E-state index in [-0.39, 0.29) is 0 Å². The Kier molecular flexibility index (Phi) is 3.26. The Bertz CT molecular complexity index is 410. The summed E-state index contributed by atoms with van der Waals surface area (Å²) in [5, 5.41) is 10.3. The second kappa shape index (κ2) is 4.55. The van der Waals surface area contributed by atoms with E-state index in [1.807, 2.05) is 12.1 Å². The minimum atomic E-state index is -0.770. The minimum Gasteiger partial charge on any atom is -0.493 e. The van der Waals surface area contributed by atoms with Gasteiger partial charge in [-0.05, 0) is 24.5 Å². The lowest BCUT2D eigenvalue weighted by molar-refractivity contribution is 0.137. The molecule has 1 N–H and O–H groups in total. The molecule has 4 heteroatoms. The summed E-state index contributed by atoms with van der Waals surface area (Å²) in [5.74, 6) is 1.25. The van der Waals surface area contributed by atoms with Gasteiger partial charge in [0.05, 0.1) is 26.4 Å². The van der Waals surface area contributed by atoms with Gasteiger partial charge in [0.15, 0.2) is 11.5 Å². The Morgan fingerprint density at radius 2 is 1.88 bits per heavy atom. The number of aliphatic hydroxyl groups is 1. The Labute approximate surface area is 101 Å². The van der Waals surface area contributed by atoms with Crippen LogP contribution in [0.15, 0.2) is 12.1 Å². The molecule has 0 atom stereocenters. The maximum Gasteiger partial charge on any atom is 0.167 e. The maximum atomic E-state index is 10.3. The van der Waals surface area contributed by atoms with E-state index < -0.39 is 5.60 Å². The number of hydrogen-bond donors (Lipinski definition) is 1. The normalized spacial score (nSPS) is 16.7. The molecular formula is C13H18O4. The molecule has 0 heterocycles. The highest BCUT2D eigenvalue weighted by molar-refractivity contribution is 5.55. The maximum absolute atomic E-state index is 10.3. The quantitative estimate of drug-likeness (QED) is 0.850. The molecule has 1 fully saturated rings. The van der Waals surface area contributed by atoms with E-state index in [0.717, 1.165) is 24.0 Å². The lowest BCUT2D eigenvalue weighted by atomic mass is 9.99. The standard InChI is InChI=1S/C13H18O4/c1-15-8-9-4-5-10(16-2)12(17-3)11(9)13(14)6-7-13/h4-5,14H,6-8H2,1-3H3. The van der Waals surface area contributed by atoms with Gasteiger partial charge in [0, 0.05) is 12.7 Å². The van der Waals surface area contributed by atoms with Crippen LogP contribution in [-0.4, -0.2) is 26.4 Å². The average Bonchev–Trinajstić information content (AvgIpc) is 3.07. The second-order valence-corrected chi connectivity index (χ2v) is 4.30. The van der Waals surface area contributed by atoms with Crippen molar-refractivity contribution in [3.05, 3.63) is 23.3 Å². The predicted molar refractivity (Wildman–Crippen MR) is 63.4 cm³/mol. The van der Waals surface area contributed by atoms with Crippen LogP contribution in [0.25, 0.3) is 0 Å². The molecule has 17 heavy (non-hydrogen) atoms. The second-order valence-electron chi connectivity index (χ2n) is 4.30. The van der Waals surface area contributed by atoms with Crippen molar-refractivity contribution in [3.8, 4) is 11.5 Å². The van der Waals surface area contributed by atoms with E-state index >= 15 is 0 Å². The van der Waals surface area contributed by atoms with Gasteiger partial charge in [-0.25, -0.2) is 0 Å². The molecule has 1 saturated carbocycles. The van der Waals surface area contributed by atoms with Crippen LogP contribution in [-0.2, 0) is 16.9 Å². The summed E-state index contributed by atoms with van der Waals surface area (Å²) in [6, 6.07) is 3.75. The topological polar surface area (TPSA) is 47.9 Å². The third kappa shape index (κ3) is 2.10. The Morgan fingerprint density at radius 1 is 1.18 bits per heavy atom. The van der Waals surface area contributed by atoms with Crippen molar-refractivity contribution >= 4 is 0 Å². The first-order chi connectivity index (χ1) is 8.16. The first-order valence-corrected chi connectivity index (χ1v) is 5.62. The minimum absolute atomic E-state index is 0.456. The molecule has 0 saturated heterocycles. The highest BCUT2D eigenvalue weighted by Gasteiger charge is 2.46. The zero-order valence-electron chi connectivity index (χ0n) is 10.4. The molecule has 0 bridgehead atoms. The van der Waals surface area contributed by atoms with Crippen molar-refractivity contribution in [2.24, 2.45) is 0 Å². The van der Waals surface area contributed by atoms with Gasteiger partial charge in [-0.15, -0.1) is 0 Å². The fraction of sp³-hybridized carbons (Fsp3) is 0.538. The lowest BCUT2D eigenvalue weighted by Crippen LogP contribution is -2.12. The van der Waals surface area contributed by atoms with Crippen LogP contribution in [0, 0.1) is 0 Å². The molecular weight excluding hydrogens is 220 g/mol. The molecule has 4 nitrogen and oxygen atoms in total. The van der Waals surface area contributed by atoms with Gasteiger partial charge >= 0.3 is 0 Å². The fourth-order valence-corrected chi connectivity index (χ4v) is 2.12. The molecule has 2 rings (SSSR count). The van der Waals surface area contributed by atoms with Crippen LogP contribution >= 0.6 is 0 Å². The molecule has 0 radical (unpaired) electrons. The van der Waals surface area contributed by atoms with E-state index in [9.17, 15) is 5.11 Å². The zero-order chi connectivity index (χ0) is 12.5. The van der Waals surface area contributed by atoms with E-state index in [2.05, 4.69) is 0 Å². The molecule has 0 amide bonds. The summed E-state index contributed by atoms with van der Waals surface area (Å²) in [4.78, 5) is 0. The van der Waals surface area contributed by atoms with Crippen LogP contribution in [0.1, 0.15) is 24.0 Å². The first kappa shape index (κ1) is 12.2. The smallest absolute Gasteiger partial charge is 0.167 e. The number of ether oxygens (including phenoxy) is 3. The molecule has 0 spiro atoms. The molecule has 1 aromatic rings. The predicted octanol–water partition coefficient (Wildman–Crippen LogP) is 1.83. The van der Waals surface area contributed by atoms with Crippen LogP contribution in [0.3, 0.4) is 0 Å². The molecule has 94 valence electrons. The summed E-state index contributed by atoms with van der Waals surface area (Å²) in [5.41, 5.74) is 0.986. The Hall–Kier alpha value is -1.26. The Balaban J connectivity index is 2.55. The van der Waals surface area contributed by atoms with E-state index in [1.54, 1.807) is 21.3 Å². The van der Waals surface area contributed by atoms with Crippen molar-refractivity contribution in [3.63, 3.8) is 0 Å². The molecule has 1 aromatic carbocycles. The number of benzene rings is 1. The van der Waals surface area contributed by atoms with Gasteiger partial charge in [0.2, 0.25) is 0 Å². The van der Waals surface area contributed by atoms with Crippen LogP contribution in [0.4, 0.5) is 0 Å². The highest BCUT2D eigenvalue weighted by atomic mass is 16.5. The van der Waals surface area contributed by atoms with Crippen molar-refractivity contribution in [2.45, 2.75) is 25.0 Å². The summed E-state index contributed by atoms with van der Waals surface area (Å²) in [6.07, 6.45) is 1.51. The SMILES string of the molecule is COCc1ccc(OC)c(OC)c1C1(O)CC1. The first-order valence-electron chi connectivity index (χ1n) is 5.62. The highest BCUT2D eigenvalue weighted by Crippen LogP contribution is 2.52. The third-order valence-electron chi connectivity index (χ3n) is 3.12. The Morgan fingerprint density at radius 3 is 2.35 bits per heavy atom. The van der Waals surface area contributed by atoms with Gasteiger partial charge in [-0.3, -0.25) is 0 Å². The number of methoxy groups -OCH3 is 3. The van der Waals surface area contributed by atoms with Crippen molar-refractivity contribution in [1.82, 2.24) is 0 Å². The fourth-order valence-electron chi connectivity index (χ4n) is 2.12. The summed E-state index contributed by atoms with van der Waals surface area (Å²) in [6.45, 7) is 0.456. The van der Waals surface area contributed by atoms with E-state index in [0.29, 0.717) is 18.1 Å². The van der Waals surface area contributed by atoms with Crippen LogP contribution in [0.2, 0.25) is 0 Å². The zero-order valence-corrected chi connectivity index (χ0v) is 10.4. The lowest BCUT2D eigenvalue weighted by Gasteiger charge is -2.20. The van der Waals surface area contributed by atoms with Gasteiger partial charge < -0.3 is 19.3 Å². The molecule has 0 aliphatic heterocycles. The summed E-state index contributed by atoms with van der Waals surface area (Å²) in [7, 11) is 4.82. The van der Waals surface area contributed by atoms with Gasteiger partial charge in [0.25, 0.3) is 0 Å². The number of rotatable bonds is 5. The van der Waals surface area contributed by atoms with Gasteiger partial charge in [-0.1, -0.05) is 6.07 Å². The van der Waals surface area contributed by atoms with E-state index in [4.69, 9.17) is 14.2 Å². The van der Waals surface area contributed by atoms with Crippen LogP contribution < -0.4 is 9.47 Å².